The third kappa shape index (κ3) is 4.19. The van der Waals surface area contributed by atoms with E-state index in [0.717, 1.165) is 22.6 Å². The molecular weight excluding hydrogens is 396 g/mol. The van der Waals surface area contributed by atoms with E-state index >= 15 is 0 Å². The lowest BCUT2D eigenvalue weighted by Gasteiger charge is -2.00. The van der Waals surface area contributed by atoms with Gasteiger partial charge < -0.3 is 0 Å². The molecule has 0 saturated carbocycles. The van der Waals surface area contributed by atoms with E-state index in [2.05, 4.69) is 20.6 Å². The van der Waals surface area contributed by atoms with Crippen molar-refractivity contribution in [2.45, 2.75) is 13.5 Å². The molecule has 0 unspecified atom stereocenters. The van der Waals surface area contributed by atoms with Crippen molar-refractivity contribution < 1.29 is 13.6 Å². The molecule has 1 N–H and O–H groups in total. The minimum Gasteiger partial charge on any atom is -0.296 e. The fraction of sp³-hybridized carbons (Fsp3) is 0.100. The maximum Gasteiger partial charge on any atom is 0.279 e. The van der Waals surface area contributed by atoms with E-state index in [-0.39, 0.29) is 5.69 Å². The number of rotatable bonds is 5. The Kier molecular flexibility index (Phi) is 5.13. The lowest BCUT2D eigenvalue weighted by molar-refractivity contribution is 0.102. The van der Waals surface area contributed by atoms with E-state index in [9.17, 15) is 13.6 Å². The summed E-state index contributed by atoms with van der Waals surface area (Å²) in [6.45, 7) is 2.29. The number of aryl methyl sites for hydroxylation is 1. The van der Waals surface area contributed by atoms with Crippen molar-refractivity contribution in [1.82, 2.24) is 20.0 Å². The first-order valence-corrected chi connectivity index (χ1v) is 9.49. The molecule has 0 aliphatic rings. The van der Waals surface area contributed by atoms with Crippen LogP contribution in [-0.2, 0) is 6.54 Å². The predicted octanol–water partition coefficient (Wildman–Crippen LogP) is 4.29. The number of halogens is 2. The Morgan fingerprint density at radius 2 is 1.93 bits per heavy atom. The molecule has 0 aliphatic carbocycles. The van der Waals surface area contributed by atoms with Crippen LogP contribution in [-0.4, -0.2) is 25.9 Å². The van der Waals surface area contributed by atoms with Crippen molar-refractivity contribution in [3.8, 4) is 11.3 Å². The van der Waals surface area contributed by atoms with Crippen LogP contribution >= 0.6 is 11.3 Å². The van der Waals surface area contributed by atoms with Gasteiger partial charge in [0.1, 0.15) is 0 Å². The summed E-state index contributed by atoms with van der Waals surface area (Å²) in [5.74, 6) is -2.32. The van der Waals surface area contributed by atoms with Gasteiger partial charge in [0, 0.05) is 10.4 Å². The number of thiazole rings is 1. The second-order valence-electron chi connectivity index (χ2n) is 6.29. The SMILES string of the molecule is Cc1sc(NC(=O)c2cn(Cc3ccccc3)nn2)nc1-c1ccc(F)c(F)c1. The second kappa shape index (κ2) is 7.88. The highest BCUT2D eigenvalue weighted by molar-refractivity contribution is 7.16. The minimum atomic E-state index is -0.949. The van der Waals surface area contributed by atoms with Crippen LogP contribution in [0.3, 0.4) is 0 Å². The summed E-state index contributed by atoms with van der Waals surface area (Å²) in [6.07, 6.45) is 1.55. The highest BCUT2D eigenvalue weighted by atomic mass is 32.1. The molecule has 0 fully saturated rings. The van der Waals surface area contributed by atoms with E-state index < -0.39 is 17.5 Å². The molecule has 0 atom stereocenters. The van der Waals surface area contributed by atoms with Crippen molar-refractivity contribution >= 4 is 22.4 Å². The molecule has 29 heavy (non-hydrogen) atoms. The molecular formula is C20H15F2N5OS. The number of hydrogen-bond acceptors (Lipinski definition) is 5. The van der Waals surface area contributed by atoms with Crippen molar-refractivity contribution in [2.24, 2.45) is 0 Å². The molecule has 0 spiro atoms. The minimum absolute atomic E-state index is 0.156. The summed E-state index contributed by atoms with van der Waals surface area (Å²) < 4.78 is 28.2. The monoisotopic (exact) mass is 411 g/mol. The van der Waals surface area contributed by atoms with Gasteiger partial charge in [-0.3, -0.25) is 10.1 Å². The normalized spacial score (nSPS) is 10.9. The molecule has 6 nitrogen and oxygen atoms in total. The molecule has 4 aromatic rings. The standard InChI is InChI=1S/C20H15F2N5OS/c1-12-18(14-7-8-15(21)16(22)9-14)23-20(29-12)24-19(28)17-11-27(26-25-17)10-13-5-3-2-4-6-13/h2-9,11H,10H2,1H3,(H,23,24,28). The molecule has 1 amide bonds. The second-order valence-corrected chi connectivity index (χ2v) is 7.50. The lowest BCUT2D eigenvalue weighted by atomic mass is 10.1. The van der Waals surface area contributed by atoms with Crippen LogP contribution in [0.4, 0.5) is 13.9 Å². The van der Waals surface area contributed by atoms with Gasteiger partial charge in [-0.15, -0.1) is 16.4 Å². The zero-order valence-corrected chi connectivity index (χ0v) is 16.1. The van der Waals surface area contributed by atoms with Gasteiger partial charge in [0.2, 0.25) is 0 Å². The molecule has 2 heterocycles. The van der Waals surface area contributed by atoms with Crippen molar-refractivity contribution in [2.75, 3.05) is 5.32 Å². The quantitative estimate of drug-likeness (QED) is 0.532. The van der Waals surface area contributed by atoms with E-state index in [1.54, 1.807) is 17.8 Å². The van der Waals surface area contributed by atoms with Gasteiger partial charge in [-0.1, -0.05) is 35.5 Å². The van der Waals surface area contributed by atoms with Gasteiger partial charge in [0.15, 0.2) is 22.5 Å². The van der Waals surface area contributed by atoms with Gasteiger partial charge in [0.25, 0.3) is 5.91 Å². The molecule has 0 saturated heterocycles. The first-order chi connectivity index (χ1) is 14.0. The van der Waals surface area contributed by atoms with Gasteiger partial charge in [0.05, 0.1) is 18.4 Å². The fourth-order valence-electron chi connectivity index (χ4n) is 2.77. The third-order valence-corrected chi connectivity index (χ3v) is 5.06. The van der Waals surface area contributed by atoms with Gasteiger partial charge in [-0.2, -0.15) is 0 Å². The predicted molar refractivity (Wildman–Crippen MR) is 106 cm³/mol. The number of aromatic nitrogens is 4. The van der Waals surface area contributed by atoms with Gasteiger partial charge in [-0.05, 0) is 30.7 Å². The molecule has 0 radical (unpaired) electrons. The Bertz CT molecular complexity index is 1170. The number of nitrogens with one attached hydrogen (secondary N) is 1. The Morgan fingerprint density at radius 3 is 2.69 bits per heavy atom. The van der Waals surface area contributed by atoms with Crippen molar-refractivity contribution in [3.05, 3.63) is 82.5 Å². The summed E-state index contributed by atoms with van der Waals surface area (Å²) in [5, 5.41) is 10.9. The summed E-state index contributed by atoms with van der Waals surface area (Å²) in [5.41, 5.74) is 2.11. The van der Waals surface area contributed by atoms with Crippen LogP contribution < -0.4 is 5.32 Å². The zero-order chi connectivity index (χ0) is 20.4. The first-order valence-electron chi connectivity index (χ1n) is 8.68. The molecule has 9 heteroatoms. The average molecular weight is 411 g/mol. The smallest absolute Gasteiger partial charge is 0.279 e. The van der Waals surface area contributed by atoms with Crippen LogP contribution in [0.1, 0.15) is 20.9 Å². The fourth-order valence-corrected chi connectivity index (χ4v) is 3.60. The highest BCUT2D eigenvalue weighted by Gasteiger charge is 2.16. The molecule has 2 aromatic heterocycles. The number of nitrogens with zero attached hydrogens (tertiary/aromatic N) is 4. The Labute approximate surface area is 168 Å². The summed E-state index contributed by atoms with van der Waals surface area (Å²) in [7, 11) is 0. The number of carbonyl (C=O) groups is 1. The lowest BCUT2D eigenvalue weighted by Crippen LogP contribution is -2.12. The van der Waals surface area contributed by atoms with E-state index in [4.69, 9.17) is 0 Å². The molecule has 2 aromatic carbocycles. The van der Waals surface area contributed by atoms with Gasteiger partial charge >= 0.3 is 0 Å². The molecule has 4 rings (SSSR count). The van der Waals surface area contributed by atoms with Crippen molar-refractivity contribution in [3.63, 3.8) is 0 Å². The van der Waals surface area contributed by atoms with Gasteiger partial charge in [-0.25, -0.2) is 18.4 Å². The van der Waals surface area contributed by atoms with Crippen LogP contribution in [0.25, 0.3) is 11.3 Å². The topological polar surface area (TPSA) is 72.7 Å². The number of benzene rings is 2. The highest BCUT2D eigenvalue weighted by Crippen LogP contribution is 2.31. The molecule has 0 bridgehead atoms. The Morgan fingerprint density at radius 1 is 1.14 bits per heavy atom. The van der Waals surface area contributed by atoms with Crippen molar-refractivity contribution in [1.29, 1.82) is 0 Å². The van der Waals surface area contributed by atoms with E-state index in [1.807, 2.05) is 30.3 Å². The van der Waals surface area contributed by atoms with E-state index in [0.29, 0.717) is 22.9 Å². The largest absolute Gasteiger partial charge is 0.296 e. The number of amides is 1. The molecule has 0 aliphatic heterocycles. The van der Waals surface area contributed by atoms with Crippen LogP contribution in [0.15, 0.2) is 54.7 Å². The Balaban J connectivity index is 1.48. The van der Waals surface area contributed by atoms with Crippen LogP contribution in [0.5, 0.6) is 0 Å². The molecule has 146 valence electrons. The summed E-state index contributed by atoms with van der Waals surface area (Å²) >= 11 is 1.24. The van der Waals surface area contributed by atoms with Crippen LogP contribution in [0, 0.1) is 18.6 Å². The maximum atomic E-state index is 13.5. The summed E-state index contributed by atoms with van der Waals surface area (Å²) in [4.78, 5) is 17.6. The number of carbonyl (C=O) groups excluding carboxylic acids is 1. The first kappa shape index (κ1) is 18.9. The average Bonchev–Trinajstić information content (AvgIpc) is 3.31. The van der Waals surface area contributed by atoms with E-state index in [1.165, 1.54) is 17.4 Å². The summed E-state index contributed by atoms with van der Waals surface area (Å²) in [6, 6.07) is 13.3. The number of anilines is 1. The van der Waals surface area contributed by atoms with Crippen LogP contribution in [0.2, 0.25) is 0 Å². The zero-order valence-electron chi connectivity index (χ0n) is 15.3. The third-order valence-electron chi connectivity index (χ3n) is 4.17. The number of hydrogen-bond donors (Lipinski definition) is 1. The maximum absolute atomic E-state index is 13.5. The Hall–Kier alpha value is -3.46.